The van der Waals surface area contributed by atoms with Crippen molar-refractivity contribution in [1.82, 2.24) is 19.5 Å². The number of benzene rings is 7. The van der Waals surface area contributed by atoms with Crippen molar-refractivity contribution in [3.8, 4) is 51.0 Å². The molecule has 10 rings (SSSR count). The van der Waals surface area contributed by atoms with Crippen molar-refractivity contribution in [2.45, 2.75) is 0 Å². The second-order valence-corrected chi connectivity index (χ2v) is 13.5. The molecule has 0 aliphatic heterocycles. The normalized spacial score (nSPS) is 11.6. The van der Waals surface area contributed by atoms with E-state index in [1.165, 1.54) is 0 Å². The van der Waals surface area contributed by atoms with E-state index in [0.717, 1.165) is 71.6 Å². The molecule has 0 bridgehead atoms. The summed E-state index contributed by atoms with van der Waals surface area (Å²) in [7, 11) is 32.2. The number of nitrogens with zero attached hydrogens (tertiary/aromatic N) is 4. The van der Waals surface area contributed by atoms with E-state index in [0.29, 0.717) is 23.2 Å². The first kappa shape index (κ1) is 33.1. The maximum absolute atomic E-state index is 6.63. The zero-order chi connectivity index (χ0) is 37.4. The molecule has 0 unspecified atom stereocenters. The topological polar surface area (TPSA) is 56.7 Å². The lowest BCUT2D eigenvalue weighted by Crippen LogP contribution is -2.55. The van der Waals surface area contributed by atoms with Crippen molar-refractivity contribution >= 4 is 110 Å². The van der Waals surface area contributed by atoms with Gasteiger partial charge in [-0.2, -0.15) is 9.97 Å². The number of para-hydroxylation sites is 1. The van der Waals surface area contributed by atoms with Crippen LogP contribution in [0.4, 0.5) is 0 Å². The SMILES string of the molecule is [B]c1c([B])c([B])c(-c2cccc3c2c2ccccc2n3-c2nc(-c3ccccc3)nc(-c3cccc4oc5cc(-c6ccccc6)ccc5c34)n2)c([B])c1[B]. The van der Waals surface area contributed by atoms with Crippen LogP contribution in [0.2, 0.25) is 0 Å². The highest BCUT2D eigenvalue weighted by molar-refractivity contribution is 6.69. The van der Waals surface area contributed by atoms with Crippen molar-refractivity contribution in [2.75, 3.05) is 0 Å². The fourth-order valence-electron chi connectivity index (χ4n) is 7.71. The van der Waals surface area contributed by atoms with Crippen LogP contribution >= 0.6 is 0 Å². The molecule has 0 saturated heterocycles. The zero-order valence-electron chi connectivity index (χ0n) is 29.4. The van der Waals surface area contributed by atoms with Crippen molar-refractivity contribution in [1.29, 1.82) is 0 Å². The number of hydrogen-bond acceptors (Lipinski definition) is 4. The maximum atomic E-state index is 6.63. The molecule has 10 aromatic rings. The van der Waals surface area contributed by atoms with Gasteiger partial charge >= 0.3 is 0 Å². The first-order valence-corrected chi connectivity index (χ1v) is 17.7. The predicted molar refractivity (Wildman–Crippen MR) is 230 cm³/mol. The Morgan fingerprint density at radius 1 is 0.418 bits per heavy atom. The van der Waals surface area contributed by atoms with Crippen LogP contribution in [-0.4, -0.2) is 58.8 Å². The Balaban J connectivity index is 1.25. The highest BCUT2D eigenvalue weighted by atomic mass is 16.3. The predicted octanol–water partition coefficient (Wildman–Crippen LogP) is 5.51. The molecule has 0 aliphatic carbocycles. The molecule has 10 heteroatoms. The van der Waals surface area contributed by atoms with Crippen molar-refractivity contribution < 1.29 is 4.42 Å². The first-order chi connectivity index (χ1) is 26.9. The molecule has 244 valence electrons. The summed E-state index contributed by atoms with van der Waals surface area (Å²) in [6, 6.07) is 46.4. The Morgan fingerprint density at radius 3 is 1.80 bits per heavy atom. The lowest BCUT2D eigenvalue weighted by molar-refractivity contribution is 0.669. The molecule has 0 fully saturated rings. The minimum atomic E-state index is 0.163. The summed E-state index contributed by atoms with van der Waals surface area (Å²) in [5.74, 6) is 1.45. The third-order valence-electron chi connectivity index (χ3n) is 10.4. The smallest absolute Gasteiger partial charge is 0.238 e. The van der Waals surface area contributed by atoms with Crippen molar-refractivity contribution in [2.24, 2.45) is 0 Å². The van der Waals surface area contributed by atoms with Crippen LogP contribution < -0.4 is 27.3 Å². The summed E-state index contributed by atoms with van der Waals surface area (Å²) in [4.78, 5) is 15.5. The van der Waals surface area contributed by atoms with Gasteiger partial charge < -0.3 is 4.42 Å². The summed E-state index contributed by atoms with van der Waals surface area (Å²) in [5, 5.41) is 3.69. The Labute approximate surface area is 323 Å². The van der Waals surface area contributed by atoms with Crippen molar-refractivity contribution in [3.05, 3.63) is 140 Å². The number of fused-ring (bicyclic) bond motifs is 6. The monoisotopic (exact) mass is 690 g/mol. The van der Waals surface area contributed by atoms with Gasteiger partial charge in [0.05, 0.1) is 11.0 Å². The van der Waals surface area contributed by atoms with Crippen LogP contribution in [0, 0.1) is 0 Å². The molecule has 0 amide bonds. The molecule has 0 saturated carbocycles. The zero-order valence-corrected chi connectivity index (χ0v) is 29.4. The van der Waals surface area contributed by atoms with Crippen LogP contribution in [0.15, 0.2) is 144 Å². The van der Waals surface area contributed by atoms with Gasteiger partial charge in [0.1, 0.15) is 50.4 Å². The lowest BCUT2D eigenvalue weighted by atomic mass is 9.59. The Kier molecular flexibility index (Phi) is 7.70. The quantitative estimate of drug-likeness (QED) is 0.224. The lowest BCUT2D eigenvalue weighted by Gasteiger charge is -2.22. The molecule has 10 radical (unpaired) electrons. The summed E-state index contributed by atoms with van der Waals surface area (Å²) in [6.07, 6.45) is 0. The van der Waals surface area contributed by atoms with Gasteiger partial charge in [-0.3, -0.25) is 4.57 Å². The van der Waals surface area contributed by atoms with Gasteiger partial charge in [0, 0.05) is 32.7 Å². The van der Waals surface area contributed by atoms with E-state index in [1.807, 2.05) is 108 Å². The van der Waals surface area contributed by atoms with Crippen LogP contribution in [-0.2, 0) is 0 Å². The third kappa shape index (κ3) is 5.19. The molecule has 3 aromatic heterocycles. The van der Waals surface area contributed by atoms with Crippen LogP contribution in [0.1, 0.15) is 0 Å². The van der Waals surface area contributed by atoms with Crippen molar-refractivity contribution in [3.63, 3.8) is 0 Å². The summed E-state index contributed by atoms with van der Waals surface area (Å²) < 4.78 is 8.53. The summed E-state index contributed by atoms with van der Waals surface area (Å²) >= 11 is 0. The van der Waals surface area contributed by atoms with E-state index in [-0.39, 0.29) is 27.3 Å². The van der Waals surface area contributed by atoms with E-state index < -0.39 is 0 Å². The molecular formula is C45H23B5N4O. The third-order valence-corrected chi connectivity index (χ3v) is 10.4. The van der Waals surface area contributed by atoms with Gasteiger partial charge in [0.15, 0.2) is 11.6 Å². The molecule has 5 nitrogen and oxygen atoms in total. The minimum absolute atomic E-state index is 0.163. The van der Waals surface area contributed by atoms with Gasteiger partial charge in [0.25, 0.3) is 0 Å². The molecule has 55 heavy (non-hydrogen) atoms. The van der Waals surface area contributed by atoms with E-state index in [9.17, 15) is 0 Å². The van der Waals surface area contributed by atoms with E-state index in [4.69, 9.17) is 58.6 Å². The molecule has 0 atom stereocenters. The molecule has 7 aromatic carbocycles. The molecule has 0 N–H and O–H groups in total. The molecule has 3 heterocycles. The second-order valence-electron chi connectivity index (χ2n) is 13.5. The fraction of sp³-hybridized carbons (Fsp3) is 0. The van der Waals surface area contributed by atoms with E-state index >= 15 is 0 Å². The van der Waals surface area contributed by atoms with E-state index in [2.05, 4.69) is 36.4 Å². The van der Waals surface area contributed by atoms with Crippen LogP contribution in [0.5, 0.6) is 0 Å². The van der Waals surface area contributed by atoms with Gasteiger partial charge in [-0.15, -0.1) is 16.4 Å². The number of rotatable bonds is 5. The first-order valence-electron chi connectivity index (χ1n) is 17.7. The minimum Gasteiger partial charge on any atom is -0.456 e. The number of aromatic nitrogens is 4. The standard InChI is InChI=1S/C45H23B5N4O/c46-38-37(39(47)41(49)42(50)40(38)48)29-16-9-19-32-35(29)27-15-7-8-18-31(27)54(32)45-52-43(25-13-5-2-6-14-25)51-44(53-45)30-17-10-20-33-36(30)28-22-21-26(23-34(28)55-33)24-11-3-1-4-12-24/h1-23H. The van der Waals surface area contributed by atoms with Gasteiger partial charge in [-0.25, -0.2) is 4.98 Å². The Bertz CT molecular complexity index is 3130. The van der Waals surface area contributed by atoms with Crippen LogP contribution in [0.3, 0.4) is 0 Å². The fourth-order valence-corrected chi connectivity index (χ4v) is 7.71. The van der Waals surface area contributed by atoms with Gasteiger partial charge in [-0.05, 0) is 52.6 Å². The number of furan rings is 1. The van der Waals surface area contributed by atoms with Gasteiger partial charge in [0.2, 0.25) is 5.95 Å². The van der Waals surface area contributed by atoms with Crippen LogP contribution in [0.25, 0.3) is 94.7 Å². The molecule has 0 aliphatic rings. The molecule has 0 spiro atoms. The van der Waals surface area contributed by atoms with E-state index in [1.54, 1.807) is 0 Å². The maximum Gasteiger partial charge on any atom is 0.238 e. The average Bonchev–Trinajstić information content (AvgIpc) is 3.79. The largest absolute Gasteiger partial charge is 0.456 e. The highest BCUT2D eigenvalue weighted by Gasteiger charge is 2.23. The average molecular weight is 690 g/mol. The van der Waals surface area contributed by atoms with Gasteiger partial charge in [-0.1, -0.05) is 120 Å². The summed E-state index contributed by atoms with van der Waals surface area (Å²) in [6.45, 7) is 0. The Morgan fingerprint density at radius 2 is 1.04 bits per heavy atom. The molecular weight excluding hydrogens is 667 g/mol. The Hall–Kier alpha value is -6.53. The highest BCUT2D eigenvalue weighted by Crippen LogP contribution is 2.40. The second kappa shape index (κ2) is 12.8. The number of hydrogen-bond donors (Lipinski definition) is 0. The summed E-state index contributed by atoms with van der Waals surface area (Å²) in [5.41, 5.74) is 9.40.